The van der Waals surface area contributed by atoms with Gasteiger partial charge in [-0.2, -0.15) is 5.10 Å². The van der Waals surface area contributed by atoms with Crippen LogP contribution in [0.3, 0.4) is 0 Å². The first-order valence-corrected chi connectivity index (χ1v) is 13.4. The van der Waals surface area contributed by atoms with Crippen LogP contribution in [0.4, 0.5) is 0 Å². The quantitative estimate of drug-likeness (QED) is 0.530. The van der Waals surface area contributed by atoms with Gasteiger partial charge >= 0.3 is 0 Å². The van der Waals surface area contributed by atoms with Gasteiger partial charge in [0.1, 0.15) is 0 Å². The van der Waals surface area contributed by atoms with Crippen molar-refractivity contribution in [2.75, 3.05) is 13.1 Å². The molecule has 0 aromatic carbocycles. The Balaban J connectivity index is 0.00000141. The second kappa shape index (κ2) is 10.9. The van der Waals surface area contributed by atoms with Crippen LogP contribution in [0.25, 0.3) is 11.1 Å². The number of carbonyl (C=O) groups excluding carboxylic acids is 1. The maximum absolute atomic E-state index is 13.3. The van der Waals surface area contributed by atoms with Crippen molar-refractivity contribution >= 4 is 17.0 Å². The average molecular weight is 476 g/mol. The molecule has 35 heavy (non-hydrogen) atoms. The molecule has 1 aliphatic carbocycles. The highest BCUT2D eigenvalue weighted by Gasteiger charge is 2.33. The van der Waals surface area contributed by atoms with Crippen LogP contribution < -0.4 is 0 Å². The molecule has 1 amide bonds. The number of hydrogen-bond acceptors (Lipinski definition) is 4. The van der Waals surface area contributed by atoms with Gasteiger partial charge in [0, 0.05) is 18.3 Å². The summed E-state index contributed by atoms with van der Waals surface area (Å²) in [6.45, 7) is 14.5. The summed E-state index contributed by atoms with van der Waals surface area (Å²) in [5.41, 5.74) is 5.97. The Morgan fingerprint density at radius 2 is 1.89 bits per heavy atom. The molecular formula is C29H41N5O. The molecule has 0 spiro atoms. The largest absolute Gasteiger partial charge is 0.309 e. The molecule has 6 heteroatoms. The summed E-state index contributed by atoms with van der Waals surface area (Å²) in [4.78, 5) is 22.4. The van der Waals surface area contributed by atoms with Gasteiger partial charge in [-0.3, -0.25) is 9.78 Å². The maximum Gasteiger partial charge on any atom is 0.251 e. The van der Waals surface area contributed by atoms with Crippen LogP contribution in [0, 0.1) is 12.8 Å². The normalized spacial score (nSPS) is 21.7. The second-order valence-electron chi connectivity index (χ2n) is 9.89. The fourth-order valence-corrected chi connectivity index (χ4v) is 5.18. The summed E-state index contributed by atoms with van der Waals surface area (Å²) in [5.74, 6) is 0.560. The molecule has 0 bridgehead atoms. The Bertz CT molecular complexity index is 1150. The number of allylic oxidation sites excluding steroid dienone is 3. The van der Waals surface area contributed by atoms with Gasteiger partial charge in [0.25, 0.3) is 5.91 Å². The Hall–Kier alpha value is -2.73. The topological polar surface area (TPSA) is 53.7 Å². The third-order valence-electron chi connectivity index (χ3n) is 7.34. The van der Waals surface area contributed by atoms with Crippen LogP contribution in [0.5, 0.6) is 0 Å². The number of fused-ring (bicyclic) bond motifs is 1. The van der Waals surface area contributed by atoms with Crippen molar-refractivity contribution in [3.63, 3.8) is 0 Å². The Morgan fingerprint density at radius 1 is 1.17 bits per heavy atom. The van der Waals surface area contributed by atoms with E-state index in [0.29, 0.717) is 5.92 Å². The van der Waals surface area contributed by atoms with Crippen molar-refractivity contribution in [3.05, 3.63) is 59.3 Å². The molecule has 0 radical (unpaired) electrons. The minimum atomic E-state index is 0.0133. The molecule has 4 heterocycles. The SMILES string of the molecule is CC.CCc1nc(C)cn2nc(/C(C)=C/C(=O)N3C=C(C4CCN(C5CC5)CC4)C=CC3C)cc12. The lowest BCUT2D eigenvalue weighted by atomic mass is 9.87. The highest BCUT2D eigenvalue weighted by molar-refractivity contribution is 5.95. The molecule has 1 atom stereocenters. The van der Waals surface area contributed by atoms with E-state index in [0.717, 1.165) is 40.6 Å². The lowest BCUT2D eigenvalue weighted by Gasteiger charge is -2.35. The van der Waals surface area contributed by atoms with Gasteiger partial charge in [-0.25, -0.2) is 4.52 Å². The second-order valence-corrected chi connectivity index (χ2v) is 9.89. The van der Waals surface area contributed by atoms with E-state index in [9.17, 15) is 4.79 Å². The highest BCUT2D eigenvalue weighted by Crippen LogP contribution is 2.34. The van der Waals surface area contributed by atoms with Crippen molar-refractivity contribution in [1.29, 1.82) is 0 Å². The predicted octanol–water partition coefficient (Wildman–Crippen LogP) is 5.57. The molecule has 2 aliphatic heterocycles. The van der Waals surface area contributed by atoms with Gasteiger partial charge < -0.3 is 9.80 Å². The summed E-state index contributed by atoms with van der Waals surface area (Å²) in [6, 6.07) is 2.94. The molecule has 3 aliphatic rings. The zero-order chi connectivity index (χ0) is 25.1. The average Bonchev–Trinajstić information content (AvgIpc) is 3.63. The van der Waals surface area contributed by atoms with E-state index in [1.807, 2.05) is 49.4 Å². The van der Waals surface area contributed by atoms with Crippen molar-refractivity contribution < 1.29 is 4.79 Å². The molecule has 2 aromatic rings. The van der Waals surface area contributed by atoms with Crippen molar-refractivity contribution in [1.82, 2.24) is 24.4 Å². The lowest BCUT2D eigenvalue weighted by Crippen LogP contribution is -2.38. The summed E-state index contributed by atoms with van der Waals surface area (Å²) in [6.07, 6.45) is 16.1. The molecule has 2 fully saturated rings. The maximum atomic E-state index is 13.3. The van der Waals surface area contributed by atoms with Crippen LogP contribution in [0.1, 0.15) is 77.4 Å². The number of piperidine rings is 1. The van der Waals surface area contributed by atoms with Crippen LogP contribution in [0.2, 0.25) is 0 Å². The third kappa shape index (κ3) is 5.58. The zero-order valence-corrected chi connectivity index (χ0v) is 22.3. The van der Waals surface area contributed by atoms with Gasteiger partial charge in [0.2, 0.25) is 0 Å². The van der Waals surface area contributed by atoms with E-state index >= 15 is 0 Å². The number of aromatic nitrogens is 3. The molecule has 0 N–H and O–H groups in total. The van der Waals surface area contributed by atoms with Gasteiger partial charge in [0.15, 0.2) is 0 Å². The number of rotatable bonds is 5. The van der Waals surface area contributed by atoms with Gasteiger partial charge in [0.05, 0.1) is 34.8 Å². The first-order chi connectivity index (χ1) is 16.9. The van der Waals surface area contributed by atoms with E-state index in [-0.39, 0.29) is 11.9 Å². The monoisotopic (exact) mass is 475 g/mol. The smallest absolute Gasteiger partial charge is 0.251 e. The van der Waals surface area contributed by atoms with Crippen molar-refractivity contribution in [2.24, 2.45) is 5.92 Å². The minimum Gasteiger partial charge on any atom is -0.309 e. The van der Waals surface area contributed by atoms with Crippen LogP contribution in [-0.2, 0) is 11.2 Å². The lowest BCUT2D eigenvalue weighted by molar-refractivity contribution is -0.124. The van der Waals surface area contributed by atoms with Gasteiger partial charge in [-0.1, -0.05) is 32.9 Å². The molecule has 6 nitrogen and oxygen atoms in total. The fraction of sp³-hybridized carbons (Fsp3) is 0.552. The molecule has 1 saturated heterocycles. The number of carbonyl (C=O) groups is 1. The zero-order valence-electron chi connectivity index (χ0n) is 22.3. The number of amides is 1. The first kappa shape index (κ1) is 25.4. The predicted molar refractivity (Wildman–Crippen MR) is 143 cm³/mol. The van der Waals surface area contributed by atoms with Gasteiger partial charge in [-0.15, -0.1) is 0 Å². The molecular weight excluding hydrogens is 434 g/mol. The number of aryl methyl sites for hydroxylation is 2. The Labute approximate surface area is 210 Å². The molecule has 5 rings (SSSR count). The number of likely N-dealkylation sites (tertiary alicyclic amines) is 1. The molecule has 1 unspecified atom stereocenters. The van der Waals surface area contributed by atoms with E-state index in [4.69, 9.17) is 5.10 Å². The van der Waals surface area contributed by atoms with Crippen LogP contribution in [0.15, 0.2) is 42.3 Å². The number of nitrogens with zero attached hydrogens (tertiary/aromatic N) is 5. The fourth-order valence-electron chi connectivity index (χ4n) is 5.18. The summed E-state index contributed by atoms with van der Waals surface area (Å²) >= 11 is 0. The van der Waals surface area contributed by atoms with Crippen LogP contribution in [-0.4, -0.2) is 55.5 Å². The van der Waals surface area contributed by atoms with Crippen molar-refractivity contribution in [2.45, 2.75) is 85.7 Å². The molecule has 1 saturated carbocycles. The number of hydrogen-bond donors (Lipinski definition) is 0. The van der Waals surface area contributed by atoms with E-state index in [1.165, 1.54) is 44.3 Å². The standard InChI is InChI=1S/C27H35N5O.C2H6/c1-5-24-26-15-25(29-32(26)16-19(3)28-24)18(2)14-27(33)31-17-22(7-6-20(31)4)21-10-12-30(13-11-21)23-8-9-23;1-2/h6-7,14-17,20-21,23H,5,8-13H2,1-4H3;1-2H3/b18-14+;. The molecule has 2 aromatic heterocycles. The van der Waals surface area contributed by atoms with Crippen molar-refractivity contribution in [3.8, 4) is 0 Å². The Morgan fingerprint density at radius 3 is 2.54 bits per heavy atom. The van der Waals surface area contributed by atoms with E-state index < -0.39 is 0 Å². The third-order valence-corrected chi connectivity index (χ3v) is 7.34. The summed E-state index contributed by atoms with van der Waals surface area (Å²) < 4.78 is 1.89. The van der Waals surface area contributed by atoms with E-state index in [2.05, 4.69) is 42.1 Å². The summed E-state index contributed by atoms with van der Waals surface area (Å²) in [5, 5.41) is 4.72. The van der Waals surface area contributed by atoms with Gasteiger partial charge in [-0.05, 0) is 89.1 Å². The van der Waals surface area contributed by atoms with E-state index in [1.54, 1.807) is 6.08 Å². The van der Waals surface area contributed by atoms with Crippen LogP contribution >= 0.6 is 0 Å². The Kier molecular flexibility index (Phi) is 7.90. The molecule has 188 valence electrons. The summed E-state index contributed by atoms with van der Waals surface area (Å²) in [7, 11) is 0. The highest BCUT2D eigenvalue weighted by atomic mass is 16.2. The minimum absolute atomic E-state index is 0.0133. The first-order valence-electron chi connectivity index (χ1n) is 13.4.